The molecule has 2 aromatic heterocycles. The lowest BCUT2D eigenvalue weighted by atomic mass is 9.89. The number of amides is 1. The van der Waals surface area contributed by atoms with Crippen molar-refractivity contribution in [2.24, 2.45) is 13.0 Å². The SMILES string of the molecule is Cn1cnc2c(N3CCCC3C(=O)NCC3CCCCC3)ncnc21. The molecule has 1 amide bonds. The highest BCUT2D eigenvalue weighted by molar-refractivity contribution is 5.90. The van der Waals surface area contributed by atoms with Gasteiger partial charge in [-0.15, -0.1) is 0 Å². The van der Waals surface area contributed by atoms with E-state index in [4.69, 9.17) is 0 Å². The molecule has 0 aromatic carbocycles. The van der Waals surface area contributed by atoms with Crippen molar-refractivity contribution in [3.8, 4) is 0 Å². The molecule has 2 aliphatic rings. The number of hydrogen-bond acceptors (Lipinski definition) is 5. The number of imidazole rings is 1. The summed E-state index contributed by atoms with van der Waals surface area (Å²) >= 11 is 0. The molecule has 1 saturated heterocycles. The Bertz CT molecular complexity index is 751. The molecule has 4 rings (SSSR count). The largest absolute Gasteiger partial charge is 0.354 e. The highest BCUT2D eigenvalue weighted by Gasteiger charge is 2.33. The standard InChI is InChI=1S/C18H26N6O/c1-23-12-22-15-16(23)20-11-21-17(15)24-9-5-8-14(24)18(25)19-10-13-6-3-2-4-7-13/h11-14H,2-10H2,1H3,(H,19,25). The first-order chi connectivity index (χ1) is 12.2. The van der Waals surface area contributed by atoms with Gasteiger partial charge >= 0.3 is 0 Å². The van der Waals surface area contributed by atoms with Gasteiger partial charge in [0.25, 0.3) is 0 Å². The summed E-state index contributed by atoms with van der Waals surface area (Å²) in [5, 5.41) is 3.20. The van der Waals surface area contributed by atoms with Gasteiger partial charge in [-0.3, -0.25) is 4.79 Å². The van der Waals surface area contributed by atoms with E-state index in [1.807, 2.05) is 11.6 Å². The molecule has 7 heteroatoms. The maximum Gasteiger partial charge on any atom is 0.242 e. The molecule has 3 heterocycles. The average Bonchev–Trinajstić information content (AvgIpc) is 3.28. The van der Waals surface area contributed by atoms with Gasteiger partial charge in [0.1, 0.15) is 12.4 Å². The Hall–Kier alpha value is -2.18. The molecule has 1 atom stereocenters. The van der Waals surface area contributed by atoms with E-state index in [-0.39, 0.29) is 11.9 Å². The minimum Gasteiger partial charge on any atom is -0.354 e. The average molecular weight is 342 g/mol. The van der Waals surface area contributed by atoms with Crippen LogP contribution in [0.3, 0.4) is 0 Å². The molecule has 0 bridgehead atoms. The molecule has 0 spiro atoms. The molecule has 2 fully saturated rings. The van der Waals surface area contributed by atoms with Crippen molar-refractivity contribution in [1.82, 2.24) is 24.8 Å². The summed E-state index contributed by atoms with van der Waals surface area (Å²) in [6, 6.07) is -0.149. The van der Waals surface area contributed by atoms with Crippen molar-refractivity contribution in [3.05, 3.63) is 12.7 Å². The number of nitrogens with zero attached hydrogens (tertiary/aromatic N) is 5. The van der Waals surface area contributed by atoms with E-state index in [0.717, 1.165) is 42.9 Å². The van der Waals surface area contributed by atoms with Gasteiger partial charge in [-0.05, 0) is 31.6 Å². The molecule has 1 aliphatic heterocycles. The number of rotatable bonds is 4. The molecule has 7 nitrogen and oxygen atoms in total. The van der Waals surface area contributed by atoms with E-state index in [9.17, 15) is 4.79 Å². The van der Waals surface area contributed by atoms with E-state index in [0.29, 0.717) is 5.92 Å². The molecular weight excluding hydrogens is 316 g/mol. The number of aromatic nitrogens is 4. The Kier molecular flexibility index (Phi) is 4.55. The van der Waals surface area contributed by atoms with Crippen LogP contribution in [0.15, 0.2) is 12.7 Å². The molecule has 1 unspecified atom stereocenters. The minimum absolute atomic E-state index is 0.130. The summed E-state index contributed by atoms with van der Waals surface area (Å²) in [7, 11) is 1.92. The van der Waals surface area contributed by atoms with Crippen LogP contribution in [0, 0.1) is 5.92 Å². The lowest BCUT2D eigenvalue weighted by molar-refractivity contribution is -0.122. The number of nitrogens with one attached hydrogen (secondary N) is 1. The highest BCUT2D eigenvalue weighted by atomic mass is 16.2. The molecule has 1 N–H and O–H groups in total. The molecular formula is C18H26N6O. The van der Waals surface area contributed by atoms with Crippen LogP contribution >= 0.6 is 0 Å². The topological polar surface area (TPSA) is 75.9 Å². The lowest BCUT2D eigenvalue weighted by Gasteiger charge is -2.27. The number of carbonyl (C=O) groups is 1. The van der Waals surface area contributed by atoms with Gasteiger partial charge in [-0.2, -0.15) is 0 Å². The Morgan fingerprint density at radius 2 is 2.00 bits per heavy atom. The van der Waals surface area contributed by atoms with Crippen molar-refractivity contribution >= 4 is 22.9 Å². The van der Waals surface area contributed by atoms with Crippen LogP contribution in [0.5, 0.6) is 0 Å². The van der Waals surface area contributed by atoms with E-state index in [1.54, 1.807) is 12.7 Å². The van der Waals surface area contributed by atoms with Crippen LogP contribution < -0.4 is 10.2 Å². The summed E-state index contributed by atoms with van der Waals surface area (Å²) in [5.74, 6) is 1.56. The number of carbonyl (C=O) groups excluding carboxylic acids is 1. The zero-order valence-electron chi connectivity index (χ0n) is 14.8. The van der Waals surface area contributed by atoms with Crippen molar-refractivity contribution in [3.63, 3.8) is 0 Å². The Balaban J connectivity index is 1.48. The Morgan fingerprint density at radius 3 is 2.84 bits per heavy atom. The minimum atomic E-state index is -0.149. The van der Waals surface area contributed by atoms with Crippen molar-refractivity contribution in [2.75, 3.05) is 18.0 Å². The second-order valence-electron chi connectivity index (χ2n) is 7.33. The molecule has 25 heavy (non-hydrogen) atoms. The Morgan fingerprint density at radius 1 is 1.16 bits per heavy atom. The third-order valence-corrected chi connectivity index (χ3v) is 5.59. The van der Waals surface area contributed by atoms with Crippen molar-refractivity contribution in [2.45, 2.75) is 51.0 Å². The van der Waals surface area contributed by atoms with Crippen LogP contribution in [0.1, 0.15) is 44.9 Å². The van der Waals surface area contributed by atoms with Gasteiger partial charge in [0, 0.05) is 20.1 Å². The zero-order valence-corrected chi connectivity index (χ0v) is 14.8. The van der Waals surface area contributed by atoms with E-state index in [1.165, 1.54) is 32.1 Å². The van der Waals surface area contributed by atoms with Gasteiger partial charge in [0.05, 0.1) is 6.33 Å². The third kappa shape index (κ3) is 3.19. The molecule has 134 valence electrons. The highest BCUT2D eigenvalue weighted by Crippen LogP contribution is 2.29. The summed E-state index contributed by atoms with van der Waals surface area (Å²) in [4.78, 5) is 28.1. The fraction of sp³-hybridized carbons (Fsp3) is 0.667. The van der Waals surface area contributed by atoms with Gasteiger partial charge in [-0.1, -0.05) is 19.3 Å². The van der Waals surface area contributed by atoms with Gasteiger partial charge in [-0.25, -0.2) is 15.0 Å². The van der Waals surface area contributed by atoms with Crippen LogP contribution in [-0.2, 0) is 11.8 Å². The molecule has 2 aromatic rings. The summed E-state index contributed by atoms with van der Waals surface area (Å²) in [6.45, 7) is 1.65. The smallest absolute Gasteiger partial charge is 0.242 e. The van der Waals surface area contributed by atoms with Gasteiger partial charge < -0.3 is 14.8 Å². The number of aryl methyl sites for hydroxylation is 1. The second kappa shape index (κ2) is 6.98. The first-order valence-corrected chi connectivity index (χ1v) is 9.40. The quantitative estimate of drug-likeness (QED) is 0.920. The maximum atomic E-state index is 12.8. The summed E-state index contributed by atoms with van der Waals surface area (Å²) in [6.07, 6.45) is 11.6. The maximum absolute atomic E-state index is 12.8. The van der Waals surface area contributed by atoms with E-state index in [2.05, 4.69) is 25.2 Å². The van der Waals surface area contributed by atoms with Gasteiger partial charge in [0.2, 0.25) is 5.91 Å². The summed E-state index contributed by atoms with van der Waals surface area (Å²) < 4.78 is 1.88. The van der Waals surface area contributed by atoms with Gasteiger partial charge in [0.15, 0.2) is 17.0 Å². The van der Waals surface area contributed by atoms with E-state index >= 15 is 0 Å². The normalized spacial score (nSPS) is 21.8. The lowest BCUT2D eigenvalue weighted by Crippen LogP contribution is -2.45. The van der Waals surface area contributed by atoms with Crippen molar-refractivity contribution in [1.29, 1.82) is 0 Å². The third-order valence-electron chi connectivity index (χ3n) is 5.59. The molecule has 0 radical (unpaired) electrons. The number of fused-ring (bicyclic) bond motifs is 1. The zero-order chi connectivity index (χ0) is 17.2. The van der Waals surface area contributed by atoms with Crippen LogP contribution in [0.2, 0.25) is 0 Å². The fourth-order valence-electron chi connectivity index (χ4n) is 4.19. The monoisotopic (exact) mass is 342 g/mol. The van der Waals surface area contributed by atoms with Crippen LogP contribution in [-0.4, -0.2) is 44.6 Å². The predicted octanol–water partition coefficient (Wildman–Crippen LogP) is 2.03. The number of anilines is 1. The first kappa shape index (κ1) is 16.3. The second-order valence-corrected chi connectivity index (χ2v) is 7.33. The van der Waals surface area contributed by atoms with Crippen LogP contribution in [0.25, 0.3) is 11.2 Å². The van der Waals surface area contributed by atoms with Crippen LogP contribution in [0.4, 0.5) is 5.82 Å². The summed E-state index contributed by atoms with van der Waals surface area (Å²) in [5.41, 5.74) is 1.58. The van der Waals surface area contributed by atoms with Crippen molar-refractivity contribution < 1.29 is 4.79 Å². The molecule has 1 aliphatic carbocycles. The fourth-order valence-corrected chi connectivity index (χ4v) is 4.19. The molecule has 1 saturated carbocycles. The number of hydrogen-bond donors (Lipinski definition) is 1. The predicted molar refractivity (Wildman–Crippen MR) is 96.3 cm³/mol. The Labute approximate surface area is 147 Å². The first-order valence-electron chi connectivity index (χ1n) is 9.40. The van der Waals surface area contributed by atoms with E-state index < -0.39 is 0 Å².